The Morgan fingerprint density at radius 2 is 0.800 bits per heavy atom. The third-order valence-electron chi connectivity index (χ3n) is 7.13. The molecule has 0 aliphatic rings. The Morgan fingerprint density at radius 1 is 0.450 bits per heavy atom. The van der Waals surface area contributed by atoms with Crippen molar-refractivity contribution in [1.82, 2.24) is 0 Å². The maximum absolute atomic E-state index is 11.9. The number of hydrogen-bond acceptors (Lipinski definition) is 12. The van der Waals surface area contributed by atoms with Gasteiger partial charge in [-0.15, -0.1) is 0 Å². The van der Waals surface area contributed by atoms with E-state index in [1.54, 1.807) is 13.8 Å². The minimum atomic E-state index is -2.25. The zero-order valence-electron chi connectivity index (χ0n) is 42.5. The summed E-state index contributed by atoms with van der Waals surface area (Å²) < 4.78 is 60.7. The first-order valence-electron chi connectivity index (χ1n) is 21.6. The Hall–Kier alpha value is -0.165. The van der Waals surface area contributed by atoms with Gasteiger partial charge in [0.15, 0.2) is 49.9 Å². The molecular weight excluding hydrogens is 897 g/mol. The molecule has 2 unspecified atom stereocenters. The van der Waals surface area contributed by atoms with Gasteiger partial charge in [-0.05, 0) is 170 Å². The third-order valence-corrected chi connectivity index (χ3v) is 28.4. The van der Waals surface area contributed by atoms with Gasteiger partial charge >= 0.3 is 29.1 Å². The fraction of sp³-hybridized carbons (Fsp3) is 0.850. The predicted molar refractivity (Wildman–Crippen MR) is 269 cm³/mol. The second kappa shape index (κ2) is 26.7. The van der Waals surface area contributed by atoms with Crippen LogP contribution in [-0.4, -0.2) is 131 Å². The molecule has 0 aromatic heterocycles. The van der Waals surface area contributed by atoms with Gasteiger partial charge in [0.25, 0.3) is 0 Å². The molecule has 0 aliphatic heterocycles. The largest absolute Gasteiger partial charge is 0.460 e. The first-order chi connectivity index (χ1) is 26.6. The molecular formula is C40H92O12Si8. The Kier molecular flexibility index (Phi) is 27.6. The molecule has 0 bridgehead atoms. The van der Waals surface area contributed by atoms with E-state index in [4.69, 9.17) is 44.3 Å². The standard InChI is InChI=1S/2C20H46O6Si4/c1-18(2)20(21)24-19(17-23-27(3,4)5)16-22-14-13-15-30(12,25-28(6,7)8)26-29(9,10)11;1-18(2)20(21)23-17-19(24-27(3,4)5)16-22-14-13-15-30(12,25-28(6,7)8)26-29(9,10)11/h2*19H,1,13-17H2,2-12H3. The first kappa shape index (κ1) is 61.9. The van der Waals surface area contributed by atoms with Gasteiger partial charge in [-0.2, -0.15) is 0 Å². The van der Waals surface area contributed by atoms with Crippen LogP contribution in [0, 0.1) is 0 Å². The lowest BCUT2D eigenvalue weighted by atomic mass is 10.3. The maximum atomic E-state index is 11.9. The van der Waals surface area contributed by atoms with Crippen LogP contribution in [0.15, 0.2) is 24.3 Å². The van der Waals surface area contributed by atoms with Crippen LogP contribution in [-0.2, 0) is 53.8 Å². The summed E-state index contributed by atoms with van der Waals surface area (Å²) in [5, 5.41) is 0. The van der Waals surface area contributed by atoms with E-state index in [-0.39, 0.29) is 12.7 Å². The molecule has 356 valence electrons. The van der Waals surface area contributed by atoms with Gasteiger partial charge in [0, 0.05) is 24.4 Å². The van der Waals surface area contributed by atoms with Crippen molar-refractivity contribution in [3.05, 3.63) is 24.3 Å². The van der Waals surface area contributed by atoms with Crippen molar-refractivity contribution in [2.24, 2.45) is 0 Å². The third kappa shape index (κ3) is 38.3. The van der Waals surface area contributed by atoms with Crippen LogP contribution in [0.25, 0.3) is 0 Å². The van der Waals surface area contributed by atoms with Crippen LogP contribution in [0.5, 0.6) is 0 Å². The van der Waals surface area contributed by atoms with E-state index in [0.717, 1.165) is 24.9 Å². The number of carbonyl (C=O) groups is 2. The molecule has 0 aromatic rings. The molecule has 0 aliphatic carbocycles. The van der Waals surface area contributed by atoms with E-state index in [1.807, 2.05) is 0 Å². The van der Waals surface area contributed by atoms with Crippen molar-refractivity contribution in [3.63, 3.8) is 0 Å². The Balaban J connectivity index is 0. The molecule has 0 fully saturated rings. The topological polar surface area (TPSA) is 126 Å². The van der Waals surface area contributed by atoms with Crippen LogP contribution >= 0.6 is 0 Å². The number of rotatable bonds is 30. The number of ether oxygens (including phenoxy) is 4. The smallest absolute Gasteiger partial charge is 0.333 e. The normalized spacial score (nSPS) is 14.5. The highest BCUT2D eigenvalue weighted by Gasteiger charge is 2.41. The summed E-state index contributed by atoms with van der Waals surface area (Å²) in [5.74, 6) is -0.803. The minimum absolute atomic E-state index is 0.180. The number of carbonyl (C=O) groups excluding carboxylic acids is 2. The average Bonchev–Trinajstić information content (AvgIpc) is 2.96. The number of esters is 2. The summed E-state index contributed by atoms with van der Waals surface area (Å²) in [4.78, 5) is 23.6. The Morgan fingerprint density at radius 3 is 1.10 bits per heavy atom. The fourth-order valence-electron chi connectivity index (χ4n) is 5.88. The molecule has 0 saturated heterocycles. The van der Waals surface area contributed by atoms with Crippen LogP contribution in [0.2, 0.25) is 143 Å². The van der Waals surface area contributed by atoms with Crippen molar-refractivity contribution < 1.29 is 53.8 Å². The summed E-state index contributed by atoms with van der Waals surface area (Å²) in [7, 11) is -14.8. The maximum Gasteiger partial charge on any atom is 0.333 e. The van der Waals surface area contributed by atoms with Crippen molar-refractivity contribution in [2.75, 3.05) is 39.6 Å². The molecule has 2 atom stereocenters. The van der Waals surface area contributed by atoms with Crippen molar-refractivity contribution in [1.29, 1.82) is 0 Å². The second-order valence-corrected chi connectivity index (χ2v) is 56.6. The van der Waals surface area contributed by atoms with E-state index in [1.165, 1.54) is 0 Å². The van der Waals surface area contributed by atoms with E-state index in [9.17, 15) is 9.59 Å². The summed E-state index contributed by atoms with van der Waals surface area (Å²) >= 11 is 0. The van der Waals surface area contributed by atoms with Crippen LogP contribution < -0.4 is 0 Å². The Bertz CT molecular complexity index is 1260. The molecule has 0 amide bonds. The van der Waals surface area contributed by atoms with Crippen molar-refractivity contribution >= 4 is 79.0 Å². The van der Waals surface area contributed by atoms with Gasteiger partial charge in [-0.1, -0.05) is 13.2 Å². The molecule has 0 rings (SSSR count). The highest BCUT2D eigenvalue weighted by Crippen LogP contribution is 2.27. The second-order valence-electron chi connectivity index (χ2n) is 21.9. The lowest BCUT2D eigenvalue weighted by molar-refractivity contribution is -0.149. The fourth-order valence-corrected chi connectivity index (χ4v) is 32.7. The van der Waals surface area contributed by atoms with E-state index in [2.05, 4.69) is 144 Å². The molecule has 20 heteroatoms. The highest BCUT2D eigenvalue weighted by atomic mass is 28.5. The molecule has 0 radical (unpaired) electrons. The highest BCUT2D eigenvalue weighted by molar-refractivity contribution is 6.88. The van der Waals surface area contributed by atoms with Crippen LogP contribution in [0.1, 0.15) is 26.7 Å². The van der Waals surface area contributed by atoms with Gasteiger partial charge < -0.3 is 44.3 Å². The van der Waals surface area contributed by atoms with Crippen LogP contribution in [0.3, 0.4) is 0 Å². The Labute approximate surface area is 376 Å². The lowest BCUT2D eigenvalue weighted by Gasteiger charge is -2.38. The molecule has 60 heavy (non-hydrogen) atoms. The van der Waals surface area contributed by atoms with E-state index < -0.39 is 85.1 Å². The quantitative estimate of drug-likeness (QED) is 0.0294. The van der Waals surface area contributed by atoms with Gasteiger partial charge in [0.1, 0.15) is 18.8 Å². The SMILES string of the molecule is C=C(C)C(=O)OC(COCCC[Si](C)(O[Si](C)(C)C)O[Si](C)(C)C)CO[Si](C)(C)C.C=C(C)C(=O)OCC(COCCC[Si](C)(O[Si](C)(C)C)O[Si](C)(C)C)O[Si](C)(C)C. The van der Waals surface area contributed by atoms with E-state index >= 15 is 0 Å². The van der Waals surface area contributed by atoms with Gasteiger partial charge in [-0.3, -0.25) is 0 Å². The first-order valence-corrected chi connectivity index (χ1v) is 47.1. The van der Waals surface area contributed by atoms with Gasteiger partial charge in [0.05, 0.1) is 19.8 Å². The molecule has 12 nitrogen and oxygen atoms in total. The summed E-state index contributed by atoms with van der Waals surface area (Å²) in [6.45, 7) is 56.5. The summed E-state index contributed by atoms with van der Waals surface area (Å²) in [6.07, 6.45) is 1.04. The lowest BCUT2D eigenvalue weighted by Crippen LogP contribution is -2.52. The zero-order chi connectivity index (χ0) is 47.6. The van der Waals surface area contributed by atoms with Gasteiger partial charge in [0.2, 0.25) is 0 Å². The van der Waals surface area contributed by atoms with Gasteiger partial charge in [-0.25, -0.2) is 9.59 Å². The molecule has 0 aromatic carbocycles. The summed E-state index contributed by atoms with van der Waals surface area (Å²) in [6, 6.07) is 1.80. The van der Waals surface area contributed by atoms with Crippen molar-refractivity contribution in [2.45, 2.75) is 182 Å². The van der Waals surface area contributed by atoms with E-state index in [0.29, 0.717) is 44.2 Å². The molecule has 0 heterocycles. The minimum Gasteiger partial charge on any atom is -0.460 e. The van der Waals surface area contributed by atoms with Crippen LogP contribution in [0.4, 0.5) is 0 Å². The molecule has 0 saturated carbocycles. The summed E-state index contributed by atoms with van der Waals surface area (Å²) in [5.41, 5.74) is 0.762. The predicted octanol–water partition coefficient (Wildman–Crippen LogP) is 11.0. The van der Waals surface area contributed by atoms with Crippen molar-refractivity contribution in [3.8, 4) is 0 Å². The number of hydrogen-bond donors (Lipinski definition) is 0. The monoisotopic (exact) mass is 988 g/mol. The zero-order valence-corrected chi connectivity index (χ0v) is 50.5. The average molecular weight is 990 g/mol. The molecule has 0 N–H and O–H groups in total. The molecule has 0 spiro atoms.